The average molecular weight is 302 g/mol. The highest BCUT2D eigenvalue weighted by atomic mass is 16.2. The lowest BCUT2D eigenvalue weighted by Crippen LogP contribution is -2.52. The smallest absolute Gasteiger partial charge is 0.278 e. The number of nitrogens with one attached hydrogen (secondary N) is 1. The van der Waals surface area contributed by atoms with Crippen molar-refractivity contribution in [1.29, 1.82) is 0 Å². The summed E-state index contributed by atoms with van der Waals surface area (Å²) in [7, 11) is 0. The lowest BCUT2D eigenvalue weighted by Gasteiger charge is -2.31. The van der Waals surface area contributed by atoms with Gasteiger partial charge in [-0.1, -0.05) is 0 Å². The van der Waals surface area contributed by atoms with Crippen LogP contribution in [0.3, 0.4) is 0 Å². The number of rotatable bonds is 2. The van der Waals surface area contributed by atoms with Crippen LogP contribution in [0.25, 0.3) is 0 Å². The lowest BCUT2D eigenvalue weighted by molar-refractivity contribution is 0.0964. The van der Waals surface area contributed by atoms with Gasteiger partial charge in [0, 0.05) is 32.7 Å². The SMILES string of the molecule is CCn1c(N2CCCCC2)nc2c1C(=O)NC1=NCCCN12. The molecule has 1 amide bonds. The molecule has 0 saturated carbocycles. The van der Waals surface area contributed by atoms with Crippen LogP contribution < -0.4 is 15.1 Å². The van der Waals surface area contributed by atoms with Crippen molar-refractivity contribution in [3.8, 4) is 0 Å². The summed E-state index contributed by atoms with van der Waals surface area (Å²) in [6.45, 7) is 6.52. The number of anilines is 2. The van der Waals surface area contributed by atoms with Gasteiger partial charge in [-0.15, -0.1) is 0 Å². The van der Waals surface area contributed by atoms with Gasteiger partial charge in [0.15, 0.2) is 11.5 Å². The number of piperidine rings is 1. The first-order chi connectivity index (χ1) is 10.8. The summed E-state index contributed by atoms with van der Waals surface area (Å²) in [5.74, 6) is 2.30. The maximum Gasteiger partial charge on any atom is 0.278 e. The molecule has 1 aromatic rings. The molecule has 0 spiro atoms. The van der Waals surface area contributed by atoms with Gasteiger partial charge in [-0.25, -0.2) is 0 Å². The number of carbonyl (C=O) groups is 1. The standard InChI is InChI=1S/C15H22N6O/c1-2-20-11-12(17-15(20)19-8-4-3-5-9-19)21-10-6-7-16-14(21)18-13(11)22/h2-10H2,1H3,(H,16,18,22). The zero-order chi connectivity index (χ0) is 15.1. The number of amides is 1. The predicted molar refractivity (Wildman–Crippen MR) is 85.7 cm³/mol. The summed E-state index contributed by atoms with van der Waals surface area (Å²) in [6, 6.07) is 0. The second-order valence-electron chi connectivity index (χ2n) is 6.04. The van der Waals surface area contributed by atoms with E-state index in [-0.39, 0.29) is 5.91 Å². The van der Waals surface area contributed by atoms with Gasteiger partial charge < -0.3 is 9.47 Å². The van der Waals surface area contributed by atoms with Crippen LogP contribution in [0.1, 0.15) is 43.1 Å². The first kappa shape index (κ1) is 13.6. The third-order valence-electron chi connectivity index (χ3n) is 4.64. The molecule has 1 aromatic heterocycles. The van der Waals surface area contributed by atoms with E-state index in [2.05, 4.69) is 31.6 Å². The van der Waals surface area contributed by atoms with Crippen LogP contribution >= 0.6 is 0 Å². The predicted octanol–water partition coefficient (Wildman–Crippen LogP) is 1.20. The van der Waals surface area contributed by atoms with Gasteiger partial charge in [-0.05, 0) is 32.6 Å². The maximum atomic E-state index is 12.5. The Hall–Kier alpha value is -2.05. The molecule has 0 aliphatic carbocycles. The number of fused-ring (bicyclic) bond motifs is 3. The number of guanidine groups is 1. The van der Waals surface area contributed by atoms with Crippen LogP contribution in [-0.4, -0.2) is 47.6 Å². The van der Waals surface area contributed by atoms with Crippen molar-refractivity contribution < 1.29 is 4.79 Å². The van der Waals surface area contributed by atoms with Crippen LogP contribution in [0.2, 0.25) is 0 Å². The highest BCUT2D eigenvalue weighted by Gasteiger charge is 2.36. The van der Waals surface area contributed by atoms with Gasteiger partial charge in [-0.3, -0.25) is 20.0 Å². The third-order valence-corrected chi connectivity index (χ3v) is 4.64. The molecular formula is C15H22N6O. The van der Waals surface area contributed by atoms with Crippen molar-refractivity contribution in [3.63, 3.8) is 0 Å². The molecule has 7 nitrogen and oxygen atoms in total. The molecule has 1 saturated heterocycles. The molecule has 1 fully saturated rings. The van der Waals surface area contributed by atoms with Gasteiger partial charge in [0.2, 0.25) is 11.9 Å². The molecule has 0 radical (unpaired) electrons. The lowest BCUT2D eigenvalue weighted by atomic mass is 10.1. The van der Waals surface area contributed by atoms with Gasteiger partial charge in [0.1, 0.15) is 0 Å². The minimum Gasteiger partial charge on any atom is -0.342 e. The van der Waals surface area contributed by atoms with E-state index in [4.69, 9.17) is 4.98 Å². The molecule has 0 atom stereocenters. The summed E-state index contributed by atoms with van der Waals surface area (Å²) < 4.78 is 2.06. The summed E-state index contributed by atoms with van der Waals surface area (Å²) in [5, 5.41) is 2.92. The number of aliphatic imine (C=N–C) groups is 1. The Kier molecular flexibility index (Phi) is 3.28. The van der Waals surface area contributed by atoms with Gasteiger partial charge in [0.25, 0.3) is 5.91 Å². The minimum atomic E-state index is -0.0792. The van der Waals surface area contributed by atoms with Crippen molar-refractivity contribution in [1.82, 2.24) is 14.9 Å². The molecule has 4 heterocycles. The molecular weight excluding hydrogens is 280 g/mol. The molecule has 22 heavy (non-hydrogen) atoms. The monoisotopic (exact) mass is 302 g/mol. The molecule has 7 heteroatoms. The number of imidazole rings is 1. The molecule has 4 rings (SSSR count). The molecule has 3 aliphatic rings. The largest absolute Gasteiger partial charge is 0.342 e. The first-order valence-electron chi connectivity index (χ1n) is 8.28. The molecule has 118 valence electrons. The Morgan fingerprint density at radius 2 is 1.95 bits per heavy atom. The Morgan fingerprint density at radius 3 is 2.73 bits per heavy atom. The fourth-order valence-electron chi connectivity index (χ4n) is 3.55. The van der Waals surface area contributed by atoms with E-state index < -0.39 is 0 Å². The molecule has 0 unspecified atom stereocenters. The number of nitrogens with zero attached hydrogens (tertiary/aromatic N) is 5. The molecule has 1 N–H and O–H groups in total. The number of hydrogen-bond acceptors (Lipinski definition) is 5. The number of aromatic nitrogens is 2. The van der Waals surface area contributed by atoms with Crippen LogP contribution in [0, 0.1) is 0 Å². The van der Waals surface area contributed by atoms with E-state index in [1.165, 1.54) is 19.3 Å². The topological polar surface area (TPSA) is 65.8 Å². The van der Waals surface area contributed by atoms with Crippen LogP contribution in [0.4, 0.5) is 11.8 Å². The third kappa shape index (κ3) is 1.99. The summed E-state index contributed by atoms with van der Waals surface area (Å²) >= 11 is 0. The van der Waals surface area contributed by atoms with E-state index in [0.717, 1.165) is 50.9 Å². The second kappa shape index (κ2) is 5.30. The van der Waals surface area contributed by atoms with Gasteiger partial charge in [-0.2, -0.15) is 4.98 Å². The van der Waals surface area contributed by atoms with E-state index in [9.17, 15) is 4.79 Å². The Labute approximate surface area is 130 Å². The fourth-order valence-corrected chi connectivity index (χ4v) is 3.55. The van der Waals surface area contributed by atoms with Crippen LogP contribution in [0.5, 0.6) is 0 Å². The summed E-state index contributed by atoms with van der Waals surface area (Å²) in [6.07, 6.45) is 4.68. The first-order valence-corrected chi connectivity index (χ1v) is 8.28. The molecule has 0 bridgehead atoms. The van der Waals surface area contributed by atoms with E-state index in [1.807, 2.05) is 0 Å². The minimum absolute atomic E-state index is 0.0792. The maximum absolute atomic E-state index is 12.5. The summed E-state index contributed by atoms with van der Waals surface area (Å²) in [4.78, 5) is 26.2. The zero-order valence-corrected chi connectivity index (χ0v) is 13.0. The van der Waals surface area contributed by atoms with Crippen molar-refractivity contribution >= 4 is 23.6 Å². The Balaban J connectivity index is 1.81. The quantitative estimate of drug-likeness (QED) is 0.891. The van der Waals surface area contributed by atoms with Crippen LogP contribution in [0.15, 0.2) is 4.99 Å². The Morgan fingerprint density at radius 1 is 1.14 bits per heavy atom. The van der Waals surface area contributed by atoms with Crippen molar-refractivity contribution in [3.05, 3.63) is 5.69 Å². The van der Waals surface area contributed by atoms with E-state index in [0.29, 0.717) is 11.7 Å². The second-order valence-corrected chi connectivity index (χ2v) is 6.04. The summed E-state index contributed by atoms with van der Waals surface area (Å²) in [5.41, 5.74) is 0.684. The van der Waals surface area contributed by atoms with Crippen molar-refractivity contribution in [2.75, 3.05) is 36.0 Å². The Bertz CT molecular complexity index is 628. The van der Waals surface area contributed by atoms with Gasteiger partial charge in [0.05, 0.1) is 0 Å². The highest BCUT2D eigenvalue weighted by Crippen LogP contribution is 2.31. The number of carbonyl (C=O) groups excluding carboxylic acids is 1. The van der Waals surface area contributed by atoms with E-state index >= 15 is 0 Å². The normalized spacial score (nSPS) is 21.1. The van der Waals surface area contributed by atoms with Crippen molar-refractivity contribution in [2.24, 2.45) is 4.99 Å². The van der Waals surface area contributed by atoms with Gasteiger partial charge >= 0.3 is 0 Å². The van der Waals surface area contributed by atoms with Crippen molar-refractivity contribution in [2.45, 2.75) is 39.2 Å². The number of hydrogen-bond donors (Lipinski definition) is 1. The fraction of sp³-hybridized carbons (Fsp3) is 0.667. The van der Waals surface area contributed by atoms with E-state index in [1.54, 1.807) is 0 Å². The van der Waals surface area contributed by atoms with Crippen LogP contribution in [-0.2, 0) is 6.54 Å². The average Bonchev–Trinajstić information content (AvgIpc) is 2.96. The molecule has 0 aromatic carbocycles. The highest BCUT2D eigenvalue weighted by molar-refractivity contribution is 6.17. The zero-order valence-electron chi connectivity index (χ0n) is 13.0. The molecule has 3 aliphatic heterocycles.